The molecule has 2 heteroatoms. The molecule has 3 rings (SSSR count). The Kier molecular flexibility index (Phi) is 3.93. The average Bonchev–Trinajstić information content (AvgIpc) is 2.50. The Hall–Kier alpha value is -1.50. The van der Waals surface area contributed by atoms with Gasteiger partial charge in [0, 0.05) is 5.02 Å². The highest BCUT2D eigenvalue weighted by Gasteiger charge is 2.15. The van der Waals surface area contributed by atoms with Crippen LogP contribution in [0.5, 0.6) is 0 Å². The molecule has 0 saturated carbocycles. The lowest BCUT2D eigenvalue weighted by Gasteiger charge is -2.15. The van der Waals surface area contributed by atoms with Gasteiger partial charge in [-0.2, -0.15) is 0 Å². The van der Waals surface area contributed by atoms with Crippen molar-refractivity contribution in [3.63, 3.8) is 0 Å². The molecule has 3 aromatic carbocycles. The molecule has 3 aromatic rings. The smallest absolute Gasteiger partial charge is 0.0841 e. The van der Waals surface area contributed by atoms with Gasteiger partial charge in [0.05, 0.1) is 5.38 Å². The molecule has 0 spiro atoms. The summed E-state index contributed by atoms with van der Waals surface area (Å²) in [5, 5.41) is 3.01. The normalized spacial score (nSPS) is 12.6. The van der Waals surface area contributed by atoms with Crippen LogP contribution in [0.25, 0.3) is 10.8 Å². The van der Waals surface area contributed by atoms with E-state index in [1.165, 1.54) is 16.3 Å². The Labute approximate surface area is 135 Å². The number of fused-ring (bicyclic) bond motifs is 1. The Morgan fingerprint density at radius 3 is 2.19 bits per heavy atom. The molecule has 0 amide bonds. The molecule has 0 nitrogen and oxygen atoms in total. The summed E-state index contributed by atoms with van der Waals surface area (Å²) >= 11 is 13.0. The maximum Gasteiger partial charge on any atom is 0.0841 e. The van der Waals surface area contributed by atoms with Crippen LogP contribution in [0, 0.1) is 13.8 Å². The molecule has 0 radical (unpaired) electrons. The van der Waals surface area contributed by atoms with Crippen LogP contribution < -0.4 is 0 Å². The summed E-state index contributed by atoms with van der Waals surface area (Å²) in [6.07, 6.45) is 0. The fourth-order valence-corrected chi connectivity index (χ4v) is 3.16. The summed E-state index contributed by atoms with van der Waals surface area (Å²) in [6, 6.07) is 18.6. The Morgan fingerprint density at radius 1 is 0.810 bits per heavy atom. The van der Waals surface area contributed by atoms with Crippen molar-refractivity contribution >= 4 is 34.0 Å². The highest BCUT2D eigenvalue weighted by Crippen LogP contribution is 2.36. The predicted octanol–water partition coefficient (Wildman–Crippen LogP) is 6.44. The van der Waals surface area contributed by atoms with Crippen molar-refractivity contribution in [2.24, 2.45) is 0 Å². The first-order valence-corrected chi connectivity index (χ1v) is 7.78. The van der Waals surface area contributed by atoms with E-state index in [0.29, 0.717) is 0 Å². The zero-order valence-corrected chi connectivity index (χ0v) is 13.5. The number of halogens is 2. The van der Waals surface area contributed by atoms with Crippen molar-refractivity contribution in [2.45, 2.75) is 19.2 Å². The molecule has 0 aromatic heterocycles. The molecular formula is C19H16Cl2. The van der Waals surface area contributed by atoms with E-state index in [-0.39, 0.29) is 5.38 Å². The maximum absolute atomic E-state index is 6.73. The van der Waals surface area contributed by atoms with Gasteiger partial charge in [-0.15, -0.1) is 11.6 Å². The molecule has 0 heterocycles. The largest absolute Gasteiger partial charge is 0.113 e. The van der Waals surface area contributed by atoms with Gasteiger partial charge in [-0.05, 0) is 52.9 Å². The van der Waals surface area contributed by atoms with Crippen molar-refractivity contribution < 1.29 is 0 Å². The van der Waals surface area contributed by atoms with Gasteiger partial charge in [0.25, 0.3) is 0 Å². The van der Waals surface area contributed by atoms with E-state index in [9.17, 15) is 0 Å². The van der Waals surface area contributed by atoms with Crippen molar-refractivity contribution in [1.29, 1.82) is 0 Å². The number of rotatable bonds is 2. The summed E-state index contributed by atoms with van der Waals surface area (Å²) in [4.78, 5) is 0. The zero-order chi connectivity index (χ0) is 15.0. The Morgan fingerprint density at radius 2 is 1.48 bits per heavy atom. The minimum absolute atomic E-state index is 0.200. The average molecular weight is 315 g/mol. The van der Waals surface area contributed by atoms with Gasteiger partial charge in [-0.1, -0.05) is 60.1 Å². The van der Waals surface area contributed by atoms with E-state index in [2.05, 4.69) is 43.3 Å². The van der Waals surface area contributed by atoms with Crippen LogP contribution in [-0.2, 0) is 0 Å². The summed E-state index contributed by atoms with van der Waals surface area (Å²) in [5.41, 5.74) is 4.48. The molecule has 0 aliphatic heterocycles. The van der Waals surface area contributed by atoms with E-state index in [0.717, 1.165) is 21.7 Å². The number of hydrogen-bond donors (Lipinski definition) is 0. The van der Waals surface area contributed by atoms with Crippen molar-refractivity contribution in [3.8, 4) is 0 Å². The molecule has 0 bridgehead atoms. The lowest BCUT2D eigenvalue weighted by Crippen LogP contribution is -1.96. The SMILES string of the molecule is Cc1ccc(C(Cl)c2ccc(C)c3ccccc23)cc1Cl. The number of alkyl halides is 1. The quantitative estimate of drug-likeness (QED) is 0.477. The van der Waals surface area contributed by atoms with E-state index < -0.39 is 0 Å². The summed E-state index contributed by atoms with van der Waals surface area (Å²) in [6.45, 7) is 4.12. The molecule has 1 unspecified atom stereocenters. The molecule has 0 aliphatic carbocycles. The molecule has 106 valence electrons. The first-order chi connectivity index (χ1) is 10.1. The molecular weight excluding hydrogens is 299 g/mol. The van der Waals surface area contributed by atoms with Crippen LogP contribution in [0.2, 0.25) is 5.02 Å². The number of benzene rings is 3. The lowest BCUT2D eigenvalue weighted by atomic mass is 9.95. The second-order valence-corrected chi connectivity index (χ2v) is 6.23. The second kappa shape index (κ2) is 5.71. The maximum atomic E-state index is 6.73. The van der Waals surface area contributed by atoms with E-state index in [1.807, 2.05) is 25.1 Å². The highest BCUT2D eigenvalue weighted by molar-refractivity contribution is 6.31. The Bertz CT molecular complexity index is 806. The molecule has 0 aliphatic rings. The lowest BCUT2D eigenvalue weighted by molar-refractivity contribution is 1.15. The van der Waals surface area contributed by atoms with Crippen LogP contribution in [0.1, 0.15) is 27.6 Å². The van der Waals surface area contributed by atoms with Crippen LogP contribution >= 0.6 is 23.2 Å². The van der Waals surface area contributed by atoms with Gasteiger partial charge in [0.1, 0.15) is 0 Å². The van der Waals surface area contributed by atoms with Crippen molar-refractivity contribution in [2.75, 3.05) is 0 Å². The minimum atomic E-state index is -0.200. The predicted molar refractivity (Wildman–Crippen MR) is 92.6 cm³/mol. The monoisotopic (exact) mass is 314 g/mol. The topological polar surface area (TPSA) is 0 Å². The van der Waals surface area contributed by atoms with E-state index in [1.54, 1.807) is 0 Å². The van der Waals surface area contributed by atoms with Crippen LogP contribution in [0.4, 0.5) is 0 Å². The number of aryl methyl sites for hydroxylation is 2. The molecule has 0 N–H and O–H groups in total. The third-order valence-corrected chi connectivity index (χ3v) is 4.83. The van der Waals surface area contributed by atoms with Gasteiger partial charge in [-0.3, -0.25) is 0 Å². The molecule has 0 fully saturated rings. The zero-order valence-electron chi connectivity index (χ0n) is 12.0. The number of hydrogen-bond acceptors (Lipinski definition) is 0. The summed E-state index contributed by atoms with van der Waals surface area (Å²) in [7, 11) is 0. The molecule has 21 heavy (non-hydrogen) atoms. The van der Waals surface area contributed by atoms with Gasteiger partial charge in [-0.25, -0.2) is 0 Å². The van der Waals surface area contributed by atoms with Crippen molar-refractivity contribution in [3.05, 3.63) is 81.9 Å². The molecule has 0 saturated heterocycles. The molecule has 1 atom stereocenters. The van der Waals surface area contributed by atoms with Crippen LogP contribution in [0.15, 0.2) is 54.6 Å². The second-order valence-electron chi connectivity index (χ2n) is 5.39. The summed E-state index contributed by atoms with van der Waals surface area (Å²) < 4.78 is 0. The fourth-order valence-electron chi connectivity index (χ4n) is 2.64. The van der Waals surface area contributed by atoms with Crippen LogP contribution in [-0.4, -0.2) is 0 Å². The summed E-state index contributed by atoms with van der Waals surface area (Å²) in [5.74, 6) is 0. The first-order valence-electron chi connectivity index (χ1n) is 6.96. The Balaban J connectivity index is 2.15. The van der Waals surface area contributed by atoms with Gasteiger partial charge in [0.15, 0.2) is 0 Å². The third-order valence-electron chi connectivity index (χ3n) is 3.94. The van der Waals surface area contributed by atoms with Crippen LogP contribution in [0.3, 0.4) is 0 Å². The van der Waals surface area contributed by atoms with Gasteiger partial charge in [0.2, 0.25) is 0 Å². The van der Waals surface area contributed by atoms with E-state index >= 15 is 0 Å². The standard InChI is InChI=1S/C19H16Cl2/c1-12-8-10-17(16-6-4-3-5-15(12)16)19(21)14-9-7-13(2)18(20)11-14/h3-11,19H,1-2H3. The first kappa shape index (κ1) is 14.4. The third kappa shape index (κ3) is 2.66. The van der Waals surface area contributed by atoms with Gasteiger partial charge >= 0.3 is 0 Å². The van der Waals surface area contributed by atoms with Crippen molar-refractivity contribution in [1.82, 2.24) is 0 Å². The van der Waals surface area contributed by atoms with E-state index in [4.69, 9.17) is 23.2 Å². The highest BCUT2D eigenvalue weighted by atomic mass is 35.5. The van der Waals surface area contributed by atoms with Gasteiger partial charge < -0.3 is 0 Å². The fraction of sp³-hybridized carbons (Fsp3) is 0.158. The minimum Gasteiger partial charge on any atom is -0.113 e.